The lowest BCUT2D eigenvalue weighted by Gasteiger charge is -2.35. The molecule has 1 aliphatic rings. The van der Waals surface area contributed by atoms with Crippen LogP contribution < -0.4 is 10.5 Å². The molecule has 4 N–H and O–H groups in total. The van der Waals surface area contributed by atoms with Gasteiger partial charge in [0.1, 0.15) is 0 Å². The average Bonchev–Trinajstić information content (AvgIpc) is 2.40. The van der Waals surface area contributed by atoms with Crippen LogP contribution in [0.15, 0.2) is 23.1 Å². The molecule has 5 nitrogen and oxygen atoms in total. The van der Waals surface area contributed by atoms with Crippen molar-refractivity contribution in [2.24, 2.45) is 5.92 Å². The van der Waals surface area contributed by atoms with E-state index in [0.29, 0.717) is 23.8 Å². The Morgan fingerprint density at radius 2 is 2.24 bits per heavy atom. The van der Waals surface area contributed by atoms with Crippen molar-refractivity contribution in [2.75, 3.05) is 12.3 Å². The Kier molecular flexibility index (Phi) is 4.82. The Morgan fingerprint density at radius 1 is 1.52 bits per heavy atom. The molecule has 7 heteroatoms. The summed E-state index contributed by atoms with van der Waals surface area (Å²) in [7, 11) is -3.70. The van der Waals surface area contributed by atoms with Gasteiger partial charge in [-0.05, 0) is 37.0 Å². The number of benzene rings is 1. The largest absolute Gasteiger partial charge is 0.397 e. The molecule has 1 fully saturated rings. The van der Waals surface area contributed by atoms with Crippen molar-refractivity contribution in [2.45, 2.75) is 43.1 Å². The van der Waals surface area contributed by atoms with E-state index >= 15 is 0 Å². The third kappa shape index (κ3) is 4.10. The van der Waals surface area contributed by atoms with E-state index in [1.165, 1.54) is 18.2 Å². The predicted molar refractivity (Wildman–Crippen MR) is 83.6 cm³/mol. The van der Waals surface area contributed by atoms with Crippen molar-refractivity contribution in [1.29, 1.82) is 0 Å². The Bertz CT molecular complexity index is 621. The van der Waals surface area contributed by atoms with Crippen LogP contribution in [0.25, 0.3) is 0 Å². The zero-order chi connectivity index (χ0) is 15.7. The SMILES string of the molecule is CC1CCCC(O)(CNS(=O)(=O)c2ccc(Cl)c(N)c2)C1. The number of aliphatic hydroxyl groups is 1. The van der Waals surface area contributed by atoms with E-state index in [4.69, 9.17) is 17.3 Å². The lowest BCUT2D eigenvalue weighted by molar-refractivity contribution is -0.00751. The number of rotatable bonds is 4. The van der Waals surface area contributed by atoms with Crippen LogP contribution in [0.1, 0.15) is 32.6 Å². The molecule has 1 aromatic carbocycles. The Balaban J connectivity index is 2.09. The van der Waals surface area contributed by atoms with Crippen LogP contribution >= 0.6 is 11.6 Å². The maximum absolute atomic E-state index is 12.2. The minimum absolute atomic E-state index is 0.0161. The Hall–Kier alpha value is -0.820. The van der Waals surface area contributed by atoms with Crippen LogP contribution in [-0.2, 0) is 10.0 Å². The molecule has 0 aromatic heterocycles. The zero-order valence-electron chi connectivity index (χ0n) is 12.0. The minimum atomic E-state index is -3.70. The molecule has 0 spiro atoms. The molecule has 1 aromatic rings. The van der Waals surface area contributed by atoms with Crippen molar-refractivity contribution in [3.8, 4) is 0 Å². The Labute approximate surface area is 130 Å². The summed E-state index contributed by atoms with van der Waals surface area (Å²) >= 11 is 5.79. The number of hydrogen-bond donors (Lipinski definition) is 3. The average molecular weight is 333 g/mol. The van der Waals surface area contributed by atoms with Crippen molar-refractivity contribution < 1.29 is 13.5 Å². The fourth-order valence-corrected chi connectivity index (χ4v) is 4.07. The zero-order valence-corrected chi connectivity index (χ0v) is 13.5. The molecule has 2 rings (SSSR count). The number of nitrogens with one attached hydrogen (secondary N) is 1. The molecule has 0 radical (unpaired) electrons. The van der Waals surface area contributed by atoms with E-state index in [1.54, 1.807) is 0 Å². The number of hydrogen-bond acceptors (Lipinski definition) is 4. The van der Waals surface area contributed by atoms with Crippen LogP contribution in [0.3, 0.4) is 0 Å². The summed E-state index contributed by atoms with van der Waals surface area (Å²) in [6.07, 6.45) is 3.21. The molecule has 2 atom stereocenters. The molecule has 1 saturated carbocycles. The summed E-state index contributed by atoms with van der Waals surface area (Å²) in [6, 6.07) is 4.16. The summed E-state index contributed by atoms with van der Waals surface area (Å²) in [5.41, 5.74) is 4.87. The second kappa shape index (κ2) is 6.12. The van der Waals surface area contributed by atoms with Crippen LogP contribution in [0.5, 0.6) is 0 Å². The van der Waals surface area contributed by atoms with Crippen LogP contribution in [0, 0.1) is 5.92 Å². The molecular weight excluding hydrogens is 312 g/mol. The predicted octanol–water partition coefficient (Wildman–Crippen LogP) is 2.14. The van der Waals surface area contributed by atoms with Crippen molar-refractivity contribution in [3.05, 3.63) is 23.2 Å². The van der Waals surface area contributed by atoms with Crippen molar-refractivity contribution in [1.82, 2.24) is 4.72 Å². The first-order valence-corrected chi connectivity index (χ1v) is 8.85. The number of nitrogen functional groups attached to an aromatic ring is 1. The number of nitrogens with two attached hydrogens (primary N) is 1. The second-order valence-electron chi connectivity index (χ2n) is 5.93. The molecule has 0 bridgehead atoms. The van der Waals surface area contributed by atoms with Gasteiger partial charge in [-0.1, -0.05) is 31.4 Å². The standard InChI is InChI=1S/C14H21ClN2O3S/c1-10-3-2-6-14(18,8-10)9-17-21(19,20)11-4-5-12(15)13(16)7-11/h4-5,7,10,17-18H,2-3,6,8-9,16H2,1H3. The van der Waals surface area contributed by atoms with E-state index in [9.17, 15) is 13.5 Å². The van der Waals surface area contributed by atoms with Gasteiger partial charge in [-0.15, -0.1) is 0 Å². The van der Waals surface area contributed by atoms with Gasteiger partial charge >= 0.3 is 0 Å². The van der Waals surface area contributed by atoms with Crippen LogP contribution in [-0.4, -0.2) is 25.7 Å². The first-order valence-electron chi connectivity index (χ1n) is 6.99. The minimum Gasteiger partial charge on any atom is -0.397 e. The second-order valence-corrected chi connectivity index (χ2v) is 8.11. The van der Waals surface area contributed by atoms with Gasteiger partial charge < -0.3 is 10.8 Å². The summed E-state index contributed by atoms with van der Waals surface area (Å²) in [5, 5.41) is 10.8. The topological polar surface area (TPSA) is 92.4 Å². The monoisotopic (exact) mass is 332 g/mol. The molecule has 21 heavy (non-hydrogen) atoms. The van der Waals surface area contributed by atoms with Crippen molar-refractivity contribution in [3.63, 3.8) is 0 Å². The van der Waals surface area contributed by atoms with Gasteiger partial charge in [-0.2, -0.15) is 0 Å². The molecule has 0 saturated heterocycles. The first kappa shape index (κ1) is 16.5. The van der Waals surface area contributed by atoms with Gasteiger partial charge in [0, 0.05) is 6.54 Å². The van der Waals surface area contributed by atoms with Crippen LogP contribution in [0.4, 0.5) is 5.69 Å². The van der Waals surface area contributed by atoms with Gasteiger partial charge in [0.2, 0.25) is 10.0 Å². The Morgan fingerprint density at radius 3 is 2.86 bits per heavy atom. The lowest BCUT2D eigenvalue weighted by atomic mass is 9.79. The van der Waals surface area contributed by atoms with Gasteiger partial charge in [0.05, 0.1) is 21.2 Å². The third-order valence-electron chi connectivity index (χ3n) is 3.94. The summed E-state index contributed by atoms with van der Waals surface area (Å²) < 4.78 is 27.0. The molecule has 2 unspecified atom stereocenters. The quantitative estimate of drug-likeness (QED) is 0.736. The van der Waals surface area contributed by atoms with E-state index in [1.807, 2.05) is 0 Å². The van der Waals surface area contributed by atoms with Gasteiger partial charge in [0.25, 0.3) is 0 Å². The van der Waals surface area contributed by atoms with Crippen LogP contribution in [0.2, 0.25) is 5.02 Å². The van der Waals surface area contributed by atoms with Gasteiger partial charge in [-0.25, -0.2) is 13.1 Å². The number of sulfonamides is 1. The van der Waals surface area contributed by atoms with E-state index in [2.05, 4.69) is 11.6 Å². The summed E-state index contributed by atoms with van der Waals surface area (Å²) in [4.78, 5) is 0.0526. The molecular formula is C14H21ClN2O3S. The smallest absolute Gasteiger partial charge is 0.240 e. The fourth-order valence-electron chi connectivity index (χ4n) is 2.79. The highest BCUT2D eigenvalue weighted by Crippen LogP contribution is 2.32. The van der Waals surface area contributed by atoms with E-state index in [0.717, 1.165) is 12.8 Å². The fraction of sp³-hybridized carbons (Fsp3) is 0.571. The summed E-state index contributed by atoms with van der Waals surface area (Å²) in [6.45, 7) is 2.08. The molecule has 118 valence electrons. The lowest BCUT2D eigenvalue weighted by Crippen LogP contribution is -2.45. The molecule has 0 amide bonds. The number of anilines is 1. The number of halogens is 1. The highest BCUT2D eigenvalue weighted by atomic mass is 35.5. The van der Waals surface area contributed by atoms with E-state index in [-0.39, 0.29) is 17.1 Å². The highest BCUT2D eigenvalue weighted by molar-refractivity contribution is 7.89. The maximum Gasteiger partial charge on any atom is 0.240 e. The first-order chi connectivity index (χ1) is 9.72. The van der Waals surface area contributed by atoms with Gasteiger partial charge in [-0.3, -0.25) is 0 Å². The maximum atomic E-state index is 12.2. The van der Waals surface area contributed by atoms with E-state index < -0.39 is 15.6 Å². The molecule has 0 heterocycles. The third-order valence-corrected chi connectivity index (χ3v) is 5.68. The summed E-state index contributed by atoms with van der Waals surface area (Å²) in [5.74, 6) is 0.402. The van der Waals surface area contributed by atoms with Crippen molar-refractivity contribution >= 4 is 27.3 Å². The van der Waals surface area contributed by atoms with Gasteiger partial charge in [0.15, 0.2) is 0 Å². The normalized spacial score (nSPS) is 26.7. The molecule has 1 aliphatic carbocycles. The molecule has 0 aliphatic heterocycles. The highest BCUT2D eigenvalue weighted by Gasteiger charge is 2.33.